The van der Waals surface area contributed by atoms with Gasteiger partial charge in [-0.15, -0.1) is 0 Å². The van der Waals surface area contributed by atoms with E-state index < -0.39 is 0 Å². The van der Waals surface area contributed by atoms with Crippen LogP contribution in [0, 0.1) is 6.92 Å². The SMILES string of the molecule is COc1ccc(CNC(=O)CN(SC)c2cccc(C)c2Br)cc1. The van der Waals surface area contributed by atoms with Crippen molar-refractivity contribution in [2.24, 2.45) is 0 Å². The van der Waals surface area contributed by atoms with Gasteiger partial charge in [-0.1, -0.05) is 36.2 Å². The molecule has 0 atom stereocenters. The van der Waals surface area contributed by atoms with Crippen molar-refractivity contribution in [3.8, 4) is 5.75 Å². The lowest BCUT2D eigenvalue weighted by Crippen LogP contribution is -2.33. The van der Waals surface area contributed by atoms with Gasteiger partial charge in [0, 0.05) is 17.3 Å². The molecule has 2 aromatic rings. The molecule has 0 bridgehead atoms. The van der Waals surface area contributed by atoms with Crippen LogP contribution in [-0.4, -0.2) is 25.8 Å². The number of benzene rings is 2. The van der Waals surface area contributed by atoms with E-state index in [-0.39, 0.29) is 5.91 Å². The van der Waals surface area contributed by atoms with Crippen molar-refractivity contribution in [2.75, 3.05) is 24.2 Å². The fourth-order valence-electron chi connectivity index (χ4n) is 2.20. The Bertz CT molecular complexity index is 692. The summed E-state index contributed by atoms with van der Waals surface area (Å²) in [6, 6.07) is 13.7. The number of ether oxygens (including phenoxy) is 1. The van der Waals surface area contributed by atoms with Crippen LogP contribution in [0.4, 0.5) is 5.69 Å². The first kappa shape index (κ1) is 18.7. The summed E-state index contributed by atoms with van der Waals surface area (Å²) >= 11 is 5.13. The van der Waals surface area contributed by atoms with Gasteiger partial charge >= 0.3 is 0 Å². The number of nitrogens with one attached hydrogen (secondary N) is 1. The number of amides is 1. The van der Waals surface area contributed by atoms with Gasteiger partial charge in [0.25, 0.3) is 0 Å². The number of rotatable bonds is 7. The molecule has 0 spiro atoms. The van der Waals surface area contributed by atoms with E-state index in [9.17, 15) is 4.79 Å². The molecule has 0 fully saturated rings. The lowest BCUT2D eigenvalue weighted by atomic mass is 10.2. The van der Waals surface area contributed by atoms with E-state index in [0.29, 0.717) is 13.1 Å². The standard InChI is InChI=1S/C18H21BrN2O2S/c1-13-5-4-6-16(18(13)19)21(24-3)12-17(22)20-11-14-7-9-15(23-2)10-8-14/h4-10H,11-12H2,1-3H3,(H,20,22). The summed E-state index contributed by atoms with van der Waals surface area (Å²) < 4.78 is 8.12. The minimum absolute atomic E-state index is 0.0198. The van der Waals surface area contributed by atoms with Crippen LogP contribution in [0.25, 0.3) is 0 Å². The van der Waals surface area contributed by atoms with E-state index in [0.717, 1.165) is 27.0 Å². The monoisotopic (exact) mass is 408 g/mol. The molecule has 0 unspecified atom stereocenters. The first-order valence-corrected chi connectivity index (χ1v) is 9.49. The lowest BCUT2D eigenvalue weighted by Gasteiger charge is -2.23. The third-order valence-corrected chi connectivity index (χ3v) is 5.39. The average molecular weight is 409 g/mol. The number of anilines is 1. The van der Waals surface area contributed by atoms with Gasteiger partial charge in [0.05, 0.1) is 12.8 Å². The summed E-state index contributed by atoms with van der Waals surface area (Å²) in [4.78, 5) is 12.3. The van der Waals surface area contributed by atoms with Gasteiger partial charge in [-0.2, -0.15) is 0 Å². The van der Waals surface area contributed by atoms with E-state index >= 15 is 0 Å². The number of aryl methyl sites for hydroxylation is 1. The van der Waals surface area contributed by atoms with Gasteiger partial charge < -0.3 is 14.4 Å². The Morgan fingerprint density at radius 1 is 1.25 bits per heavy atom. The Morgan fingerprint density at radius 3 is 2.58 bits per heavy atom. The molecule has 1 amide bonds. The highest BCUT2D eigenvalue weighted by molar-refractivity contribution is 9.10. The van der Waals surface area contributed by atoms with Crippen LogP contribution in [0.15, 0.2) is 46.9 Å². The Morgan fingerprint density at radius 2 is 1.96 bits per heavy atom. The van der Waals surface area contributed by atoms with Gasteiger partial charge in [-0.25, -0.2) is 0 Å². The number of hydrogen-bond donors (Lipinski definition) is 1. The minimum atomic E-state index is -0.0198. The topological polar surface area (TPSA) is 41.6 Å². The third kappa shape index (κ3) is 4.92. The highest BCUT2D eigenvalue weighted by Gasteiger charge is 2.14. The molecule has 0 aliphatic heterocycles. The first-order valence-electron chi connectivity index (χ1n) is 7.51. The molecule has 24 heavy (non-hydrogen) atoms. The number of nitrogens with zero attached hydrogens (tertiary/aromatic N) is 1. The zero-order chi connectivity index (χ0) is 17.5. The second kappa shape index (κ2) is 8.99. The summed E-state index contributed by atoms with van der Waals surface area (Å²) in [5, 5.41) is 2.95. The highest BCUT2D eigenvalue weighted by atomic mass is 79.9. The maximum atomic E-state index is 12.3. The van der Waals surface area contributed by atoms with Crippen molar-refractivity contribution < 1.29 is 9.53 Å². The maximum Gasteiger partial charge on any atom is 0.240 e. The van der Waals surface area contributed by atoms with Gasteiger partial charge in [0.15, 0.2) is 0 Å². The summed E-state index contributed by atoms with van der Waals surface area (Å²) in [7, 11) is 1.64. The van der Waals surface area contributed by atoms with Crippen LogP contribution in [0.2, 0.25) is 0 Å². The highest BCUT2D eigenvalue weighted by Crippen LogP contribution is 2.32. The summed E-state index contributed by atoms with van der Waals surface area (Å²) in [5.74, 6) is 0.788. The Hall–Kier alpha value is -1.66. The molecule has 128 valence electrons. The van der Waals surface area contributed by atoms with Crippen molar-refractivity contribution in [2.45, 2.75) is 13.5 Å². The number of methoxy groups -OCH3 is 1. The minimum Gasteiger partial charge on any atom is -0.497 e. The van der Waals surface area contributed by atoms with Crippen molar-refractivity contribution in [3.05, 3.63) is 58.1 Å². The van der Waals surface area contributed by atoms with Crippen LogP contribution < -0.4 is 14.4 Å². The molecule has 0 saturated heterocycles. The molecule has 1 N–H and O–H groups in total. The molecule has 2 aromatic carbocycles. The fraction of sp³-hybridized carbons (Fsp3) is 0.278. The Balaban J connectivity index is 1.95. The van der Waals surface area contributed by atoms with Crippen molar-refractivity contribution in [1.82, 2.24) is 5.32 Å². The summed E-state index contributed by atoms with van der Waals surface area (Å²) in [5.41, 5.74) is 3.18. The molecule has 0 aromatic heterocycles. The maximum absolute atomic E-state index is 12.3. The van der Waals surface area contributed by atoms with Crippen molar-refractivity contribution in [1.29, 1.82) is 0 Å². The number of hydrogen-bond acceptors (Lipinski definition) is 4. The Kier molecular flexibility index (Phi) is 6.99. The average Bonchev–Trinajstić information content (AvgIpc) is 2.61. The van der Waals surface area contributed by atoms with Crippen LogP contribution in [0.1, 0.15) is 11.1 Å². The normalized spacial score (nSPS) is 10.3. The zero-order valence-corrected chi connectivity index (χ0v) is 16.4. The summed E-state index contributed by atoms with van der Waals surface area (Å²) in [6.07, 6.45) is 1.96. The van der Waals surface area contributed by atoms with Crippen LogP contribution >= 0.6 is 27.9 Å². The second-order valence-electron chi connectivity index (χ2n) is 5.25. The molecule has 0 saturated carbocycles. The molecular formula is C18H21BrN2O2S. The molecule has 2 rings (SSSR count). The Labute approximate surface area is 155 Å². The molecule has 0 aliphatic carbocycles. The first-order chi connectivity index (χ1) is 11.5. The van der Waals surface area contributed by atoms with Gasteiger partial charge in [0.2, 0.25) is 5.91 Å². The third-order valence-electron chi connectivity index (χ3n) is 3.60. The largest absolute Gasteiger partial charge is 0.497 e. The van der Waals surface area contributed by atoms with E-state index in [4.69, 9.17) is 4.74 Å². The van der Waals surface area contributed by atoms with Gasteiger partial charge in [0.1, 0.15) is 12.3 Å². The number of carbonyl (C=O) groups excluding carboxylic acids is 1. The van der Waals surface area contributed by atoms with E-state index in [2.05, 4.69) is 21.2 Å². The van der Waals surface area contributed by atoms with Crippen LogP contribution in [0.5, 0.6) is 5.75 Å². The number of carbonyl (C=O) groups is 1. The van der Waals surface area contributed by atoms with E-state index in [1.807, 2.05) is 59.9 Å². The predicted molar refractivity (Wildman–Crippen MR) is 105 cm³/mol. The molecular weight excluding hydrogens is 388 g/mol. The molecule has 0 radical (unpaired) electrons. The van der Waals surface area contributed by atoms with Gasteiger partial charge in [-0.05, 0) is 52.2 Å². The van der Waals surface area contributed by atoms with E-state index in [1.165, 1.54) is 11.9 Å². The molecule has 0 heterocycles. The lowest BCUT2D eigenvalue weighted by molar-refractivity contribution is -0.119. The summed E-state index contributed by atoms with van der Waals surface area (Å²) in [6.45, 7) is 2.83. The quantitative estimate of drug-likeness (QED) is 0.698. The van der Waals surface area contributed by atoms with Gasteiger partial charge in [-0.3, -0.25) is 4.79 Å². The molecule has 0 aliphatic rings. The smallest absolute Gasteiger partial charge is 0.240 e. The second-order valence-corrected chi connectivity index (χ2v) is 6.85. The van der Waals surface area contributed by atoms with Crippen molar-refractivity contribution in [3.63, 3.8) is 0 Å². The van der Waals surface area contributed by atoms with Crippen molar-refractivity contribution >= 4 is 39.5 Å². The van der Waals surface area contributed by atoms with E-state index in [1.54, 1.807) is 7.11 Å². The van der Waals surface area contributed by atoms with Crippen LogP contribution in [-0.2, 0) is 11.3 Å². The fourth-order valence-corrected chi connectivity index (χ4v) is 3.39. The molecule has 6 heteroatoms. The molecule has 4 nitrogen and oxygen atoms in total. The zero-order valence-electron chi connectivity index (χ0n) is 14.0. The number of halogens is 1. The van der Waals surface area contributed by atoms with Crippen LogP contribution in [0.3, 0.4) is 0 Å². The predicted octanol–water partition coefficient (Wildman–Crippen LogP) is 4.17.